The molecule has 0 aromatic carbocycles. The van der Waals surface area contributed by atoms with Crippen molar-refractivity contribution in [2.75, 3.05) is 33.4 Å². The molecule has 0 radical (unpaired) electrons. The van der Waals surface area contributed by atoms with E-state index in [0.717, 1.165) is 0 Å². The minimum absolute atomic E-state index is 0.0207. The average molecular weight is 222 g/mol. The van der Waals surface area contributed by atoms with Gasteiger partial charge in [0.1, 0.15) is 0 Å². The van der Waals surface area contributed by atoms with Gasteiger partial charge in [-0.25, -0.2) is 0 Å². The third-order valence-electron chi connectivity index (χ3n) is 1.90. The molecular formula is C7H18N2O4Si. The minimum atomic E-state index is -2.00. The Morgan fingerprint density at radius 1 is 1.57 bits per heavy atom. The maximum atomic E-state index is 5.52. The summed E-state index contributed by atoms with van der Waals surface area (Å²) in [5.74, 6) is 0. The lowest BCUT2D eigenvalue weighted by molar-refractivity contribution is 0.0474. The topological polar surface area (TPSA) is 89.0 Å². The number of methoxy groups -OCH3 is 1. The molecule has 3 atom stereocenters. The van der Waals surface area contributed by atoms with Crippen LogP contribution < -0.4 is 11.5 Å². The van der Waals surface area contributed by atoms with E-state index in [4.69, 9.17) is 29.5 Å². The Balaban J connectivity index is 2.22. The van der Waals surface area contributed by atoms with E-state index in [2.05, 4.69) is 0 Å². The second-order valence-corrected chi connectivity index (χ2v) is 4.52. The Morgan fingerprint density at radius 2 is 2.36 bits per heavy atom. The Labute approximate surface area is 85.4 Å². The zero-order valence-corrected chi connectivity index (χ0v) is 9.50. The zero-order valence-electron chi connectivity index (χ0n) is 8.35. The molecule has 14 heavy (non-hydrogen) atoms. The Hall–Kier alpha value is -0.0231. The van der Waals surface area contributed by atoms with Gasteiger partial charge in [-0.05, 0) is 0 Å². The molecular weight excluding hydrogens is 204 g/mol. The van der Waals surface area contributed by atoms with Gasteiger partial charge in [0.25, 0.3) is 0 Å². The van der Waals surface area contributed by atoms with Crippen LogP contribution in [0.5, 0.6) is 0 Å². The molecule has 0 saturated carbocycles. The molecule has 0 aliphatic carbocycles. The van der Waals surface area contributed by atoms with E-state index in [0.29, 0.717) is 26.3 Å². The number of hydrogen-bond acceptors (Lipinski definition) is 6. The third kappa shape index (κ3) is 3.62. The Kier molecular flexibility index (Phi) is 5.56. The molecule has 7 heteroatoms. The van der Waals surface area contributed by atoms with Crippen LogP contribution in [0.2, 0.25) is 0 Å². The second-order valence-electron chi connectivity index (χ2n) is 3.06. The van der Waals surface area contributed by atoms with Crippen LogP contribution in [0, 0.1) is 0 Å². The summed E-state index contributed by atoms with van der Waals surface area (Å²) in [6.45, 7) is 1.85. The van der Waals surface area contributed by atoms with Crippen LogP contribution in [0.25, 0.3) is 0 Å². The summed E-state index contributed by atoms with van der Waals surface area (Å²) in [5, 5.41) is 0. The molecule has 0 bridgehead atoms. The normalized spacial score (nSPS) is 29.4. The van der Waals surface area contributed by atoms with Crippen LogP contribution in [0.15, 0.2) is 0 Å². The molecule has 84 valence electrons. The lowest BCUT2D eigenvalue weighted by atomic mass is 10.4. The molecule has 0 aromatic heterocycles. The number of nitrogens with two attached hydrogens (primary N) is 2. The molecule has 4 N–H and O–H groups in total. The van der Waals surface area contributed by atoms with Crippen molar-refractivity contribution in [1.82, 2.24) is 0 Å². The smallest absolute Gasteiger partial charge is 0.382 e. The van der Waals surface area contributed by atoms with Crippen LogP contribution in [-0.4, -0.2) is 55.1 Å². The van der Waals surface area contributed by atoms with Gasteiger partial charge in [0.05, 0.1) is 25.4 Å². The fourth-order valence-corrected chi connectivity index (χ4v) is 2.72. The van der Waals surface area contributed by atoms with Crippen LogP contribution in [-0.2, 0) is 18.0 Å². The summed E-state index contributed by atoms with van der Waals surface area (Å²) < 4.78 is 21.2. The maximum absolute atomic E-state index is 5.52. The quantitative estimate of drug-likeness (QED) is 0.509. The molecule has 0 spiro atoms. The molecule has 1 heterocycles. The van der Waals surface area contributed by atoms with Gasteiger partial charge in [0.15, 0.2) is 0 Å². The van der Waals surface area contributed by atoms with Gasteiger partial charge in [-0.1, -0.05) is 0 Å². The molecule has 0 amide bonds. The van der Waals surface area contributed by atoms with Gasteiger partial charge in [-0.15, -0.1) is 0 Å². The highest BCUT2D eigenvalue weighted by atomic mass is 28.3. The lowest BCUT2D eigenvalue weighted by Crippen LogP contribution is -2.36. The van der Waals surface area contributed by atoms with E-state index in [1.807, 2.05) is 0 Å². The lowest BCUT2D eigenvalue weighted by Gasteiger charge is -2.17. The monoisotopic (exact) mass is 222 g/mol. The van der Waals surface area contributed by atoms with Crippen molar-refractivity contribution in [3.63, 3.8) is 0 Å². The van der Waals surface area contributed by atoms with Crippen LogP contribution >= 0.6 is 0 Å². The summed E-state index contributed by atoms with van der Waals surface area (Å²) in [7, 11) is -0.400. The highest BCUT2D eigenvalue weighted by Crippen LogP contribution is 2.09. The molecule has 1 rings (SSSR count). The molecule has 0 aromatic rings. The molecule has 1 aliphatic heterocycles. The maximum Gasteiger partial charge on any atom is 0.485 e. The number of rotatable bonds is 6. The van der Waals surface area contributed by atoms with Crippen molar-refractivity contribution < 1.29 is 18.0 Å². The fraction of sp³-hybridized carbons (Fsp3) is 1.00. The summed E-state index contributed by atoms with van der Waals surface area (Å²) >= 11 is 0. The summed E-state index contributed by atoms with van der Waals surface area (Å²) in [5.41, 5.74) is 10.9. The standard InChI is InChI=1S/C7H18N2O4Si/c1-10-4-6(2-8)12-14-11-5-7(3-9)13-14/h6-7,14H,2-5,8-9H2,1H3. The van der Waals surface area contributed by atoms with Crippen molar-refractivity contribution >= 4 is 9.53 Å². The largest absolute Gasteiger partial charge is 0.485 e. The van der Waals surface area contributed by atoms with Crippen molar-refractivity contribution in [2.45, 2.75) is 12.2 Å². The molecule has 3 unspecified atom stereocenters. The predicted molar refractivity (Wildman–Crippen MR) is 52.8 cm³/mol. The number of hydrogen-bond donors (Lipinski definition) is 2. The predicted octanol–water partition coefficient (Wildman–Crippen LogP) is -1.93. The van der Waals surface area contributed by atoms with Crippen molar-refractivity contribution in [1.29, 1.82) is 0 Å². The fourth-order valence-electron chi connectivity index (χ4n) is 1.12. The Bertz CT molecular complexity index is 163. The van der Waals surface area contributed by atoms with Crippen LogP contribution in [0.3, 0.4) is 0 Å². The third-order valence-corrected chi connectivity index (χ3v) is 3.58. The average Bonchev–Trinajstić information content (AvgIpc) is 2.65. The first kappa shape index (κ1) is 12.0. The summed E-state index contributed by atoms with van der Waals surface area (Å²) in [6.07, 6.45) is -0.166. The van der Waals surface area contributed by atoms with E-state index in [9.17, 15) is 0 Å². The number of ether oxygens (including phenoxy) is 1. The van der Waals surface area contributed by atoms with Gasteiger partial charge in [0.2, 0.25) is 0 Å². The van der Waals surface area contributed by atoms with Crippen molar-refractivity contribution in [3.8, 4) is 0 Å². The van der Waals surface area contributed by atoms with E-state index >= 15 is 0 Å². The molecule has 1 saturated heterocycles. The van der Waals surface area contributed by atoms with Gasteiger partial charge in [-0.3, -0.25) is 0 Å². The van der Waals surface area contributed by atoms with E-state index in [1.165, 1.54) is 0 Å². The van der Waals surface area contributed by atoms with Crippen molar-refractivity contribution in [3.05, 3.63) is 0 Å². The Morgan fingerprint density at radius 3 is 2.86 bits per heavy atom. The molecule has 1 aliphatic rings. The van der Waals surface area contributed by atoms with Gasteiger partial charge in [-0.2, -0.15) is 0 Å². The first-order valence-corrected chi connectivity index (χ1v) is 6.03. The van der Waals surface area contributed by atoms with E-state index in [-0.39, 0.29) is 12.2 Å². The summed E-state index contributed by atoms with van der Waals surface area (Å²) in [6, 6.07) is 0. The SMILES string of the molecule is COCC(CN)O[SiH]1OCC(CN)O1. The zero-order chi connectivity index (χ0) is 10.4. The van der Waals surface area contributed by atoms with E-state index in [1.54, 1.807) is 7.11 Å². The van der Waals surface area contributed by atoms with E-state index < -0.39 is 9.53 Å². The van der Waals surface area contributed by atoms with Gasteiger partial charge >= 0.3 is 9.53 Å². The molecule has 1 fully saturated rings. The summed E-state index contributed by atoms with van der Waals surface area (Å²) in [4.78, 5) is 0. The highest BCUT2D eigenvalue weighted by molar-refractivity contribution is 6.37. The van der Waals surface area contributed by atoms with Crippen LogP contribution in [0.4, 0.5) is 0 Å². The highest BCUT2D eigenvalue weighted by Gasteiger charge is 2.31. The minimum Gasteiger partial charge on any atom is -0.382 e. The first-order chi connectivity index (χ1) is 6.80. The van der Waals surface area contributed by atoms with Gasteiger partial charge < -0.3 is 29.5 Å². The first-order valence-electron chi connectivity index (χ1n) is 4.61. The van der Waals surface area contributed by atoms with Crippen LogP contribution in [0.1, 0.15) is 0 Å². The van der Waals surface area contributed by atoms with Gasteiger partial charge in [0, 0.05) is 20.2 Å². The second kappa shape index (κ2) is 6.46. The van der Waals surface area contributed by atoms with Crippen molar-refractivity contribution in [2.24, 2.45) is 11.5 Å². The molecule has 6 nitrogen and oxygen atoms in total.